The van der Waals surface area contributed by atoms with Crippen LogP contribution < -0.4 is 0 Å². The molecule has 7 heteroatoms. The van der Waals surface area contributed by atoms with Gasteiger partial charge in [0.15, 0.2) is 0 Å². The van der Waals surface area contributed by atoms with Gasteiger partial charge in [0.25, 0.3) is 0 Å². The Hall–Kier alpha value is -0.652. The Balaban J connectivity index is -0.00000000838. The van der Waals surface area contributed by atoms with Crippen molar-refractivity contribution < 1.29 is 44.3 Å². The van der Waals surface area contributed by atoms with Crippen LogP contribution in [-0.4, -0.2) is 14.1 Å². The van der Waals surface area contributed by atoms with E-state index in [0.717, 1.165) is 0 Å². The first-order valence-corrected chi connectivity index (χ1v) is 1.92. The second-order valence-electron chi connectivity index (χ2n) is 0.447. The van der Waals surface area contributed by atoms with E-state index in [9.17, 15) is 0 Å². The van der Waals surface area contributed by atoms with Crippen molar-refractivity contribution in [1.29, 1.82) is 0 Å². The molecule has 0 aromatic heterocycles. The number of hydrogen-bond donors (Lipinski definition) is 0. The van der Waals surface area contributed by atoms with Gasteiger partial charge in [-0.1, -0.05) is 0 Å². The zero-order chi connectivity index (χ0) is 12.7. The molecule has 76 valence electrons. The van der Waals surface area contributed by atoms with Gasteiger partial charge in [0.1, 0.15) is 0 Å². The van der Waals surface area contributed by atoms with Crippen LogP contribution in [0.4, 0.5) is 0 Å². The van der Waals surface area contributed by atoms with Crippen LogP contribution in [0.15, 0.2) is 0 Å². The summed E-state index contributed by atoms with van der Waals surface area (Å²) in [6.45, 7) is 22.5. The van der Waals surface area contributed by atoms with Crippen molar-refractivity contribution in [2.24, 2.45) is 0 Å². The zero-order valence-electron chi connectivity index (χ0n) is 7.40. The van der Waals surface area contributed by atoms with Crippen molar-refractivity contribution in [2.45, 2.75) is 0 Å². The molecule has 6 nitrogen and oxygen atoms in total. The first-order chi connectivity index (χ1) is 6.41. The maximum Gasteiger partial charge on any atom is 0 e. The number of nitrogens with zero attached hydrogens (tertiary/aromatic N) is 1. The van der Waals surface area contributed by atoms with E-state index in [0.29, 0.717) is 0 Å². The smallest absolute Gasteiger partial charge is 0 e. The summed E-state index contributed by atoms with van der Waals surface area (Å²) in [5.41, 5.74) is 0. The van der Waals surface area contributed by atoms with Gasteiger partial charge in [-0.2, -0.15) is 14.1 Å². The van der Waals surface area contributed by atoms with Gasteiger partial charge in [-0.05, 0) is 0 Å². The van der Waals surface area contributed by atoms with Crippen molar-refractivity contribution in [2.75, 3.05) is 14.1 Å². The molecule has 0 atom stereocenters. The fourth-order valence-electron chi connectivity index (χ4n) is 0. The Kier molecular flexibility index (Phi) is 47300. The Labute approximate surface area is 97.3 Å². The molecular weight excluding hydrogens is 362 g/mol. The fraction of sp³-hybridized carbons (Fsp3) is 0.286. The van der Waals surface area contributed by atoms with Crippen LogP contribution in [0.2, 0.25) is 0 Å². The molecule has 0 saturated heterocycles. The van der Waals surface area contributed by atoms with Crippen LogP contribution >= 0.6 is 0 Å². The predicted molar refractivity (Wildman–Crippen MR) is 34.9 cm³/mol. The molecule has 0 unspecified atom stereocenters. The van der Waals surface area contributed by atoms with E-state index >= 15 is 0 Å². The minimum Gasteiger partial charge on any atom is 0 e. The van der Waals surface area contributed by atoms with Gasteiger partial charge in [0.2, 0.25) is 0 Å². The normalized spacial score (nSPS) is 2.00. The van der Waals surface area contributed by atoms with E-state index < -0.39 is 0 Å². The van der Waals surface area contributed by atoms with Gasteiger partial charge in [-0.25, -0.2) is 0 Å². The van der Waals surface area contributed by atoms with Crippen molar-refractivity contribution in [3.05, 3.63) is 38.6 Å². The van der Waals surface area contributed by atoms with Gasteiger partial charge in [-0.3, -0.25) is 0 Å². The summed E-state index contributed by atoms with van der Waals surface area (Å²) in [7, 11) is 3.50. The second-order valence-corrected chi connectivity index (χ2v) is 0.447. The first-order valence-electron chi connectivity index (χ1n) is 1.92. The standard InChI is InChI=1S/C2H6N.5CO.W/c1-3-2;5*1-2;/h1-2H3;;;;;;/q-1;;;;;;. The molecule has 0 N–H and O–H groups in total. The molecule has 0 aromatic rings. The molecule has 14 heavy (non-hydrogen) atoms. The van der Waals surface area contributed by atoms with Crippen LogP contribution in [0.25, 0.3) is 5.32 Å². The van der Waals surface area contributed by atoms with Gasteiger partial charge in [0, 0.05) is 21.1 Å². The molecule has 0 amide bonds. The van der Waals surface area contributed by atoms with Gasteiger partial charge in [0.05, 0.1) is 0 Å². The molecule has 0 fully saturated rings. The quantitative estimate of drug-likeness (QED) is 0.436. The van der Waals surface area contributed by atoms with Gasteiger partial charge in [-0.15, -0.1) is 0 Å². The summed E-state index contributed by atoms with van der Waals surface area (Å²) in [5, 5.41) is 3.50. The SMILES string of the molecule is C[N-]C.[C-]#[O+].[C-]#[O+].[C-]#[O+].[C-]#[O+].[C-]#[O+].[W]. The van der Waals surface area contributed by atoms with Crippen LogP contribution in [-0.2, 0) is 44.3 Å². The molecule has 0 aliphatic rings. The largest absolute Gasteiger partial charge is 0 e. The monoisotopic (exact) mass is 368 g/mol. The summed E-state index contributed by atoms with van der Waals surface area (Å²) in [6, 6.07) is 0. The summed E-state index contributed by atoms with van der Waals surface area (Å²) < 4.78 is 37.5. The summed E-state index contributed by atoms with van der Waals surface area (Å²) in [5.74, 6) is 0. The molecule has 0 bridgehead atoms. The van der Waals surface area contributed by atoms with E-state index in [1.54, 1.807) is 14.1 Å². The average Bonchev–Trinajstić information content (AvgIpc) is 2.32. The molecule has 0 saturated carbocycles. The number of hydrogen-bond acceptors (Lipinski definition) is 0. The molecule has 0 aliphatic carbocycles. The minimum absolute atomic E-state index is 0. The third-order valence-corrected chi connectivity index (χ3v) is 0. The van der Waals surface area contributed by atoms with E-state index in [2.05, 4.69) is 38.6 Å². The van der Waals surface area contributed by atoms with E-state index in [1.807, 2.05) is 0 Å². The molecule has 0 aromatic carbocycles. The molecule has 0 spiro atoms. The fourth-order valence-corrected chi connectivity index (χ4v) is 0. The maximum atomic E-state index is 7.50. The van der Waals surface area contributed by atoms with Crippen LogP contribution in [0, 0.1) is 33.3 Å². The van der Waals surface area contributed by atoms with Crippen molar-refractivity contribution in [3.8, 4) is 0 Å². The Morgan fingerprint density at radius 2 is 0.571 bits per heavy atom. The summed E-state index contributed by atoms with van der Waals surface area (Å²) >= 11 is 0. The van der Waals surface area contributed by atoms with Crippen molar-refractivity contribution in [3.63, 3.8) is 0 Å². The minimum atomic E-state index is 0. The topological polar surface area (TPSA) is 114 Å². The first kappa shape index (κ1) is 50.5. The maximum absolute atomic E-state index is 7.50. The molecule has 0 radical (unpaired) electrons. The predicted octanol–water partition coefficient (Wildman–Crippen LogP) is 0.430. The van der Waals surface area contributed by atoms with Gasteiger partial charge < -0.3 is 5.32 Å². The van der Waals surface area contributed by atoms with E-state index in [4.69, 9.17) is 23.3 Å². The van der Waals surface area contributed by atoms with Crippen LogP contribution in [0.3, 0.4) is 0 Å². The Morgan fingerprint density at radius 1 is 0.571 bits per heavy atom. The third kappa shape index (κ3) is 2860. The van der Waals surface area contributed by atoms with Crippen molar-refractivity contribution >= 4 is 0 Å². The van der Waals surface area contributed by atoms with Crippen LogP contribution in [0.1, 0.15) is 0 Å². The third-order valence-electron chi connectivity index (χ3n) is 0. The van der Waals surface area contributed by atoms with E-state index in [1.165, 1.54) is 0 Å². The Morgan fingerprint density at radius 3 is 0.571 bits per heavy atom. The van der Waals surface area contributed by atoms with Crippen LogP contribution in [0.5, 0.6) is 0 Å². The molecular formula is C7H6NO5W-. The van der Waals surface area contributed by atoms with Crippen molar-refractivity contribution in [1.82, 2.24) is 0 Å². The summed E-state index contributed by atoms with van der Waals surface area (Å²) in [4.78, 5) is 0. The second kappa shape index (κ2) is 13100. The van der Waals surface area contributed by atoms with E-state index in [-0.39, 0.29) is 21.1 Å². The van der Waals surface area contributed by atoms with Gasteiger partial charge >= 0.3 is 56.5 Å². The molecule has 0 rings (SSSR count). The number of rotatable bonds is 0. The molecule has 0 heterocycles. The average molecular weight is 368 g/mol. The zero-order valence-corrected chi connectivity index (χ0v) is 10.3. The molecule has 0 aliphatic heterocycles. The summed E-state index contributed by atoms with van der Waals surface area (Å²) in [6.07, 6.45) is 0. The Bertz CT molecular complexity index is 91.4.